The fourth-order valence-electron chi connectivity index (χ4n) is 3.99. The Labute approximate surface area is 214 Å². The topological polar surface area (TPSA) is 102 Å². The van der Waals surface area contributed by atoms with E-state index < -0.39 is 17.7 Å². The lowest BCUT2D eigenvalue weighted by Gasteiger charge is -2.25. The number of esters is 1. The van der Waals surface area contributed by atoms with Crippen molar-refractivity contribution in [3.8, 4) is 0 Å². The van der Waals surface area contributed by atoms with E-state index in [1.54, 1.807) is 0 Å². The summed E-state index contributed by atoms with van der Waals surface area (Å²) < 4.78 is 10.9. The van der Waals surface area contributed by atoms with Crippen LogP contribution < -0.4 is 5.32 Å². The van der Waals surface area contributed by atoms with Crippen molar-refractivity contribution < 1.29 is 29.0 Å². The molecule has 1 atom stereocenters. The molecule has 196 valence electrons. The third kappa shape index (κ3) is 10.9. The summed E-state index contributed by atoms with van der Waals surface area (Å²) in [5.41, 5.74) is 2.22. The maximum absolute atomic E-state index is 12.3. The summed E-state index contributed by atoms with van der Waals surface area (Å²) >= 11 is 0. The van der Waals surface area contributed by atoms with Crippen LogP contribution in [-0.2, 0) is 38.6 Å². The Morgan fingerprint density at radius 2 is 1.56 bits per heavy atom. The number of rotatable bonds is 14. The molecule has 0 fully saturated rings. The summed E-state index contributed by atoms with van der Waals surface area (Å²) in [6, 6.07) is 17.3. The smallest absolute Gasteiger partial charge is 0.407 e. The van der Waals surface area contributed by atoms with E-state index in [1.807, 2.05) is 82.3 Å². The first-order valence-corrected chi connectivity index (χ1v) is 12.5. The van der Waals surface area contributed by atoms with Gasteiger partial charge in [0.1, 0.15) is 12.2 Å². The number of hydrogen-bond acceptors (Lipinski definition) is 5. The molecule has 0 aromatic heterocycles. The van der Waals surface area contributed by atoms with Crippen molar-refractivity contribution in [2.24, 2.45) is 11.8 Å². The van der Waals surface area contributed by atoms with Crippen molar-refractivity contribution in [3.63, 3.8) is 0 Å². The van der Waals surface area contributed by atoms with Gasteiger partial charge in [0, 0.05) is 19.4 Å². The number of aliphatic carboxylic acids is 1. The number of alkyl carbamates (subject to hydrolysis) is 1. The quantitative estimate of drug-likeness (QED) is 0.249. The number of nitrogens with one attached hydrogen (secondary N) is 1. The zero-order valence-electron chi connectivity index (χ0n) is 21.8. The van der Waals surface area contributed by atoms with Gasteiger partial charge in [0.05, 0.1) is 5.92 Å². The average Bonchev–Trinajstić information content (AvgIpc) is 2.81. The first kappa shape index (κ1) is 28.9. The number of carbonyl (C=O) groups excluding carboxylic acids is 2. The fourth-order valence-corrected chi connectivity index (χ4v) is 3.99. The lowest BCUT2D eigenvalue weighted by atomic mass is 9.90. The fraction of sp³-hybridized carbons (Fsp3) is 0.483. The second kappa shape index (κ2) is 14.3. The molecule has 0 heterocycles. The minimum atomic E-state index is -0.779. The Kier molecular flexibility index (Phi) is 11.4. The van der Waals surface area contributed by atoms with Crippen LogP contribution in [0.2, 0.25) is 0 Å². The Morgan fingerprint density at radius 3 is 2.17 bits per heavy atom. The summed E-state index contributed by atoms with van der Waals surface area (Å²) in [5.74, 6) is -1.36. The van der Waals surface area contributed by atoms with E-state index in [1.165, 1.54) is 0 Å². The molecule has 0 aliphatic carbocycles. The van der Waals surface area contributed by atoms with Crippen molar-refractivity contribution in [1.29, 1.82) is 0 Å². The Morgan fingerprint density at radius 1 is 0.917 bits per heavy atom. The number of unbranched alkanes of at least 4 members (excludes halogenated alkanes) is 1. The van der Waals surface area contributed by atoms with Crippen LogP contribution in [0.5, 0.6) is 0 Å². The van der Waals surface area contributed by atoms with E-state index in [0.29, 0.717) is 32.2 Å². The van der Waals surface area contributed by atoms with Gasteiger partial charge < -0.3 is 19.9 Å². The van der Waals surface area contributed by atoms with Crippen molar-refractivity contribution in [1.82, 2.24) is 5.32 Å². The van der Waals surface area contributed by atoms with Gasteiger partial charge in [0.2, 0.25) is 0 Å². The highest BCUT2D eigenvalue weighted by Crippen LogP contribution is 2.21. The summed E-state index contributed by atoms with van der Waals surface area (Å²) in [6.45, 7) is 8.14. The molecule has 7 nitrogen and oxygen atoms in total. The Bertz CT molecular complexity index is 969. The van der Waals surface area contributed by atoms with E-state index in [2.05, 4.69) is 5.32 Å². The SMILES string of the molecule is CC(C)C(CCCCC(=O)OC(C)(C)Cc1ccc(CNC(=O)OCc2ccccc2)cc1)C(=O)O. The number of carboxylic acids is 1. The molecule has 36 heavy (non-hydrogen) atoms. The van der Waals surface area contributed by atoms with Crippen LogP contribution in [-0.4, -0.2) is 28.7 Å². The Balaban J connectivity index is 1.70. The van der Waals surface area contributed by atoms with Crippen LogP contribution in [0, 0.1) is 11.8 Å². The minimum absolute atomic E-state index is 0.0732. The van der Waals surface area contributed by atoms with Crippen LogP contribution in [0.4, 0.5) is 4.79 Å². The number of carboxylic acid groups (broad SMARTS) is 1. The summed E-state index contributed by atoms with van der Waals surface area (Å²) in [6.07, 6.45) is 2.22. The standard InChI is InChI=1S/C29H39NO6/c1-21(2)25(27(32)33)12-8-9-13-26(31)36-29(3,4)18-22-14-16-23(17-15-22)19-30-28(34)35-20-24-10-6-5-7-11-24/h5-7,10-11,14-17,21,25H,8-9,12-13,18-20H2,1-4H3,(H,30,34)(H,32,33). The molecule has 2 aromatic rings. The van der Waals surface area contributed by atoms with Crippen LogP contribution >= 0.6 is 0 Å². The van der Waals surface area contributed by atoms with Gasteiger partial charge in [0.15, 0.2) is 0 Å². The summed E-state index contributed by atoms with van der Waals surface area (Å²) in [5, 5.41) is 12.0. The Hall–Kier alpha value is -3.35. The number of ether oxygens (including phenoxy) is 2. The van der Waals surface area contributed by atoms with Gasteiger partial charge in [-0.3, -0.25) is 9.59 Å². The monoisotopic (exact) mass is 497 g/mol. The highest BCUT2D eigenvalue weighted by atomic mass is 16.6. The second-order valence-corrected chi connectivity index (χ2v) is 10.1. The number of amides is 1. The molecule has 7 heteroatoms. The summed E-state index contributed by atoms with van der Waals surface area (Å²) in [7, 11) is 0. The van der Waals surface area contributed by atoms with Gasteiger partial charge in [-0.2, -0.15) is 0 Å². The normalized spacial score (nSPS) is 12.1. The lowest BCUT2D eigenvalue weighted by molar-refractivity contribution is -0.156. The van der Waals surface area contributed by atoms with Gasteiger partial charge >= 0.3 is 18.0 Å². The molecule has 0 radical (unpaired) electrons. The predicted octanol–water partition coefficient (Wildman–Crippen LogP) is 5.89. The van der Waals surface area contributed by atoms with Gasteiger partial charge in [-0.25, -0.2) is 4.79 Å². The van der Waals surface area contributed by atoms with Crippen LogP contribution in [0.25, 0.3) is 0 Å². The van der Waals surface area contributed by atoms with Crippen molar-refractivity contribution in [2.45, 2.75) is 78.6 Å². The van der Waals surface area contributed by atoms with E-state index in [0.717, 1.165) is 16.7 Å². The number of hydrogen-bond donors (Lipinski definition) is 2. The maximum Gasteiger partial charge on any atom is 0.407 e. The number of carbonyl (C=O) groups is 3. The third-order valence-electron chi connectivity index (χ3n) is 5.96. The van der Waals surface area contributed by atoms with Gasteiger partial charge in [-0.15, -0.1) is 0 Å². The van der Waals surface area contributed by atoms with E-state index in [4.69, 9.17) is 9.47 Å². The zero-order chi connectivity index (χ0) is 26.6. The first-order valence-electron chi connectivity index (χ1n) is 12.5. The highest BCUT2D eigenvalue weighted by molar-refractivity contribution is 5.70. The predicted molar refractivity (Wildman–Crippen MR) is 138 cm³/mol. The van der Waals surface area contributed by atoms with Crippen molar-refractivity contribution in [2.75, 3.05) is 0 Å². The van der Waals surface area contributed by atoms with Gasteiger partial charge in [-0.1, -0.05) is 74.9 Å². The van der Waals surface area contributed by atoms with E-state index in [-0.39, 0.29) is 30.8 Å². The van der Waals surface area contributed by atoms with Crippen LogP contribution in [0.3, 0.4) is 0 Å². The molecule has 2 rings (SSSR count). The molecule has 1 amide bonds. The first-order chi connectivity index (χ1) is 17.1. The molecule has 0 aliphatic heterocycles. The number of benzene rings is 2. The maximum atomic E-state index is 12.3. The highest BCUT2D eigenvalue weighted by Gasteiger charge is 2.24. The molecule has 0 bridgehead atoms. The average molecular weight is 498 g/mol. The lowest BCUT2D eigenvalue weighted by Crippen LogP contribution is -2.30. The van der Waals surface area contributed by atoms with E-state index in [9.17, 15) is 19.5 Å². The second-order valence-electron chi connectivity index (χ2n) is 10.1. The minimum Gasteiger partial charge on any atom is -0.481 e. The molecular formula is C29H39NO6. The van der Waals surface area contributed by atoms with E-state index >= 15 is 0 Å². The molecule has 2 N–H and O–H groups in total. The van der Waals surface area contributed by atoms with Crippen LogP contribution in [0.15, 0.2) is 54.6 Å². The van der Waals surface area contributed by atoms with Crippen molar-refractivity contribution >= 4 is 18.0 Å². The molecule has 0 saturated carbocycles. The van der Waals surface area contributed by atoms with Gasteiger partial charge in [0.25, 0.3) is 0 Å². The molecule has 2 aromatic carbocycles. The molecular weight excluding hydrogens is 458 g/mol. The summed E-state index contributed by atoms with van der Waals surface area (Å²) in [4.78, 5) is 35.5. The molecule has 0 saturated heterocycles. The molecule has 1 unspecified atom stereocenters. The molecule has 0 aliphatic rings. The largest absolute Gasteiger partial charge is 0.481 e. The molecule has 0 spiro atoms. The van der Waals surface area contributed by atoms with Crippen molar-refractivity contribution in [3.05, 3.63) is 71.3 Å². The zero-order valence-corrected chi connectivity index (χ0v) is 21.8. The van der Waals surface area contributed by atoms with Gasteiger partial charge in [-0.05, 0) is 49.3 Å². The van der Waals surface area contributed by atoms with Crippen LogP contribution in [0.1, 0.15) is 70.1 Å². The third-order valence-corrected chi connectivity index (χ3v) is 5.96.